The Kier molecular flexibility index (Phi) is 6.81. The van der Waals surface area contributed by atoms with Crippen LogP contribution in [-0.2, 0) is 0 Å². The number of hydrogen-bond donors (Lipinski definition) is 1. The van der Waals surface area contributed by atoms with E-state index in [1.807, 2.05) is 6.92 Å². The molecule has 32 heavy (non-hydrogen) atoms. The second-order valence-electron chi connectivity index (χ2n) is 7.10. The van der Waals surface area contributed by atoms with Crippen molar-refractivity contribution in [3.63, 3.8) is 0 Å². The predicted molar refractivity (Wildman–Crippen MR) is 115 cm³/mol. The number of hydrogen-bond acceptors (Lipinski definition) is 8. The number of ether oxygens (including phenoxy) is 2. The van der Waals surface area contributed by atoms with Gasteiger partial charge < -0.3 is 14.8 Å². The Balaban J connectivity index is 1.68. The molecule has 4 heterocycles. The minimum atomic E-state index is -1.20. The summed E-state index contributed by atoms with van der Waals surface area (Å²) in [5, 5.41) is 3.15. The average Bonchev–Trinajstić information content (AvgIpc) is 2.83. The first kappa shape index (κ1) is 21.6. The molecule has 9 nitrogen and oxygen atoms in total. The van der Waals surface area contributed by atoms with Crippen LogP contribution in [0.3, 0.4) is 0 Å². The summed E-state index contributed by atoms with van der Waals surface area (Å²) in [4.78, 5) is 31.0. The molecule has 0 saturated carbocycles. The van der Waals surface area contributed by atoms with Crippen LogP contribution < -0.4 is 19.7 Å². The van der Waals surface area contributed by atoms with Gasteiger partial charge in [0, 0.05) is 31.2 Å². The van der Waals surface area contributed by atoms with Gasteiger partial charge in [-0.1, -0.05) is 0 Å². The van der Waals surface area contributed by atoms with Crippen molar-refractivity contribution < 1.29 is 18.7 Å². The fourth-order valence-corrected chi connectivity index (χ4v) is 3.50. The summed E-state index contributed by atoms with van der Waals surface area (Å²) in [6.45, 7) is 3.17. The van der Waals surface area contributed by atoms with Crippen LogP contribution in [0.5, 0.6) is 17.4 Å². The Labute approximate surface area is 184 Å². The Morgan fingerprint density at radius 3 is 2.88 bits per heavy atom. The van der Waals surface area contributed by atoms with Gasteiger partial charge in [0.25, 0.3) is 11.8 Å². The second-order valence-corrected chi connectivity index (χ2v) is 7.10. The van der Waals surface area contributed by atoms with Crippen LogP contribution in [-0.4, -0.2) is 57.8 Å². The maximum absolute atomic E-state index is 14.9. The van der Waals surface area contributed by atoms with E-state index in [9.17, 15) is 9.18 Å². The molecule has 1 amide bonds. The van der Waals surface area contributed by atoms with Crippen LogP contribution in [0, 0.1) is 0 Å². The zero-order chi connectivity index (χ0) is 22.3. The molecule has 0 bridgehead atoms. The van der Waals surface area contributed by atoms with E-state index < -0.39 is 18.1 Å². The number of aromatic nitrogens is 4. The molecule has 0 unspecified atom stereocenters. The summed E-state index contributed by atoms with van der Waals surface area (Å²) in [6, 6.07) is 4.39. The van der Waals surface area contributed by atoms with Crippen molar-refractivity contribution in [3.8, 4) is 17.4 Å². The number of nitrogens with one attached hydrogen (secondary N) is 1. The normalized spacial score (nSPS) is 18.1. The summed E-state index contributed by atoms with van der Waals surface area (Å²) in [7, 11) is 0. The molecule has 1 fully saturated rings. The Morgan fingerprint density at radius 1 is 1.25 bits per heavy atom. The maximum atomic E-state index is 14.9. The molecule has 1 N–H and O–H groups in total. The molecule has 0 aliphatic carbocycles. The largest absolute Gasteiger partial charge is 0.488 e. The van der Waals surface area contributed by atoms with Crippen LogP contribution in [0.15, 0.2) is 55.5 Å². The van der Waals surface area contributed by atoms with Gasteiger partial charge in [-0.2, -0.15) is 0 Å². The van der Waals surface area contributed by atoms with Gasteiger partial charge in [0.1, 0.15) is 18.2 Å². The Morgan fingerprint density at radius 2 is 2.09 bits per heavy atom. The molecule has 166 valence electrons. The Hall–Kier alpha value is -3.66. The van der Waals surface area contributed by atoms with Crippen molar-refractivity contribution in [1.29, 1.82) is 0 Å². The predicted octanol–water partition coefficient (Wildman–Crippen LogP) is 2.80. The molecular formula is C22H23FN6O3. The number of alkyl halides is 1. The van der Waals surface area contributed by atoms with E-state index in [0.29, 0.717) is 43.3 Å². The van der Waals surface area contributed by atoms with Gasteiger partial charge in [-0.25, -0.2) is 19.3 Å². The number of amides is 1. The molecule has 0 radical (unpaired) electrons. The highest BCUT2D eigenvalue weighted by molar-refractivity contribution is 6.06. The standard InChI is InChI=1S/C22H23FN6O3/c1-2-31-20-4-3-6-28-21(20)32-17-8-16(11-25-12-17)29(19-13-24-7-5-18(19)23)22(30)15-9-26-14-27-10-15/h3-4,6,8-12,14,18-19,24H,2,5,7,13H2,1H3/t18-,19+/m0/s1. The molecule has 3 aromatic rings. The highest BCUT2D eigenvalue weighted by atomic mass is 19.1. The van der Waals surface area contributed by atoms with Gasteiger partial charge in [0.05, 0.1) is 36.3 Å². The number of pyridine rings is 2. The smallest absolute Gasteiger partial charge is 0.262 e. The first-order valence-corrected chi connectivity index (χ1v) is 10.3. The zero-order valence-corrected chi connectivity index (χ0v) is 17.5. The van der Waals surface area contributed by atoms with Crippen molar-refractivity contribution in [2.45, 2.75) is 25.6 Å². The lowest BCUT2D eigenvalue weighted by atomic mass is 10.0. The molecular weight excluding hydrogens is 415 g/mol. The van der Waals surface area contributed by atoms with Crippen LogP contribution in [0.1, 0.15) is 23.7 Å². The number of carbonyl (C=O) groups excluding carboxylic acids is 1. The lowest BCUT2D eigenvalue weighted by molar-refractivity contribution is 0.0947. The molecule has 3 aromatic heterocycles. The summed E-state index contributed by atoms with van der Waals surface area (Å²) in [5.41, 5.74) is 0.640. The second kappa shape index (κ2) is 10.1. The van der Waals surface area contributed by atoms with Crippen molar-refractivity contribution >= 4 is 11.6 Å². The minimum Gasteiger partial charge on any atom is -0.488 e. The highest BCUT2D eigenvalue weighted by Crippen LogP contribution is 2.32. The molecule has 0 aromatic carbocycles. The van der Waals surface area contributed by atoms with Crippen LogP contribution >= 0.6 is 0 Å². The van der Waals surface area contributed by atoms with Gasteiger partial charge in [0.2, 0.25) is 0 Å². The fraction of sp³-hybridized carbons (Fsp3) is 0.318. The number of carbonyl (C=O) groups is 1. The topological polar surface area (TPSA) is 102 Å². The van der Waals surface area contributed by atoms with Crippen LogP contribution in [0.2, 0.25) is 0 Å². The molecule has 4 rings (SSSR count). The van der Waals surface area contributed by atoms with E-state index in [0.717, 1.165) is 0 Å². The fourth-order valence-electron chi connectivity index (χ4n) is 3.50. The molecule has 0 spiro atoms. The van der Waals surface area contributed by atoms with Crippen molar-refractivity contribution in [2.75, 3.05) is 24.6 Å². The third-order valence-electron chi connectivity index (χ3n) is 4.95. The van der Waals surface area contributed by atoms with Gasteiger partial charge in [-0.3, -0.25) is 14.7 Å². The summed E-state index contributed by atoms with van der Waals surface area (Å²) in [5.74, 6) is 0.664. The lowest BCUT2D eigenvalue weighted by Gasteiger charge is -2.36. The van der Waals surface area contributed by atoms with Gasteiger partial charge in [-0.15, -0.1) is 0 Å². The number of rotatable bonds is 7. The number of anilines is 1. The highest BCUT2D eigenvalue weighted by Gasteiger charge is 2.35. The summed E-state index contributed by atoms with van der Waals surface area (Å²) >= 11 is 0. The van der Waals surface area contributed by atoms with E-state index in [-0.39, 0.29) is 11.4 Å². The van der Waals surface area contributed by atoms with E-state index >= 15 is 0 Å². The van der Waals surface area contributed by atoms with Gasteiger partial charge in [-0.05, 0) is 32.0 Å². The average molecular weight is 438 g/mol. The van der Waals surface area contributed by atoms with Crippen molar-refractivity contribution in [3.05, 3.63) is 61.1 Å². The molecule has 10 heteroatoms. The minimum absolute atomic E-state index is 0.250. The lowest BCUT2D eigenvalue weighted by Crippen LogP contribution is -2.55. The monoisotopic (exact) mass is 438 g/mol. The third kappa shape index (κ3) is 4.80. The SMILES string of the molecule is CCOc1cccnc1Oc1cncc(N(C(=O)c2cncnc2)[C@@H]2CNCC[C@@H]2F)c1. The van der Waals surface area contributed by atoms with Gasteiger partial charge in [0.15, 0.2) is 5.75 Å². The zero-order valence-electron chi connectivity index (χ0n) is 17.5. The van der Waals surface area contributed by atoms with Crippen LogP contribution in [0.4, 0.5) is 10.1 Å². The van der Waals surface area contributed by atoms with Crippen LogP contribution in [0.25, 0.3) is 0 Å². The molecule has 1 aliphatic rings. The Bertz CT molecular complexity index is 1050. The number of halogens is 1. The summed E-state index contributed by atoms with van der Waals surface area (Å²) < 4.78 is 26.3. The van der Waals surface area contributed by atoms with E-state index in [1.54, 1.807) is 24.4 Å². The van der Waals surface area contributed by atoms with Crippen molar-refractivity contribution in [2.24, 2.45) is 0 Å². The van der Waals surface area contributed by atoms with E-state index in [4.69, 9.17) is 9.47 Å². The molecule has 1 saturated heterocycles. The third-order valence-corrected chi connectivity index (χ3v) is 4.95. The van der Waals surface area contributed by atoms with E-state index in [1.165, 1.54) is 36.0 Å². The first-order chi connectivity index (χ1) is 15.7. The summed E-state index contributed by atoms with van der Waals surface area (Å²) in [6.07, 6.45) is 7.82. The quantitative estimate of drug-likeness (QED) is 0.601. The van der Waals surface area contributed by atoms with E-state index in [2.05, 4.69) is 25.3 Å². The maximum Gasteiger partial charge on any atom is 0.262 e. The molecule has 2 atom stereocenters. The molecule has 1 aliphatic heterocycles. The number of nitrogens with zero attached hydrogens (tertiary/aromatic N) is 5. The van der Waals surface area contributed by atoms with Crippen molar-refractivity contribution in [1.82, 2.24) is 25.3 Å². The number of piperidine rings is 1. The first-order valence-electron chi connectivity index (χ1n) is 10.3. The van der Waals surface area contributed by atoms with Gasteiger partial charge >= 0.3 is 0 Å².